The van der Waals surface area contributed by atoms with Crippen LogP contribution in [0.1, 0.15) is 0 Å². The maximum atomic E-state index is 12.3. The molecule has 0 unspecified atom stereocenters. The molecule has 0 radical (unpaired) electrons. The van der Waals surface area contributed by atoms with Crippen LogP contribution in [0.15, 0.2) is 41.2 Å². The molecule has 0 atom stereocenters. The summed E-state index contributed by atoms with van der Waals surface area (Å²) in [5.41, 5.74) is 11.4. The Labute approximate surface area is 133 Å². The number of fused-ring (bicyclic) bond motifs is 3. The van der Waals surface area contributed by atoms with Crippen molar-refractivity contribution in [2.75, 3.05) is 26.3 Å². The van der Waals surface area contributed by atoms with Crippen molar-refractivity contribution in [3.63, 3.8) is 0 Å². The molecule has 3 aromatic rings. The van der Waals surface area contributed by atoms with Gasteiger partial charge in [-0.2, -0.15) is 0 Å². The smallest absolute Gasteiger partial charge is 0.256 e. The van der Waals surface area contributed by atoms with E-state index in [0.29, 0.717) is 43.2 Å². The van der Waals surface area contributed by atoms with Gasteiger partial charge in [0.1, 0.15) is 24.7 Å². The van der Waals surface area contributed by atoms with Crippen LogP contribution in [0.5, 0.6) is 11.5 Å². The first-order valence-corrected chi connectivity index (χ1v) is 7.48. The molecule has 6 heteroatoms. The summed E-state index contributed by atoms with van der Waals surface area (Å²) in [5, 5.41) is 2.40. The van der Waals surface area contributed by atoms with Gasteiger partial charge in [-0.25, -0.2) is 0 Å². The third kappa shape index (κ3) is 3.13. The molecule has 0 bridgehead atoms. The fraction of sp³-hybridized carbons (Fsp3) is 0.235. The SMILES string of the molecule is NCCOc1ccc2c(c1)[nH]c(=O)c1cc(OCCN)ccc12. The number of hydrogen-bond donors (Lipinski definition) is 3. The van der Waals surface area contributed by atoms with E-state index >= 15 is 0 Å². The topological polar surface area (TPSA) is 103 Å². The van der Waals surface area contributed by atoms with Crippen LogP contribution in [0.25, 0.3) is 21.7 Å². The number of benzene rings is 2. The monoisotopic (exact) mass is 313 g/mol. The van der Waals surface area contributed by atoms with E-state index in [2.05, 4.69) is 4.98 Å². The molecule has 6 nitrogen and oxygen atoms in total. The molecule has 23 heavy (non-hydrogen) atoms. The molecule has 3 rings (SSSR count). The molecule has 1 heterocycles. The number of aromatic nitrogens is 1. The van der Waals surface area contributed by atoms with E-state index in [1.807, 2.05) is 30.3 Å². The van der Waals surface area contributed by atoms with Gasteiger partial charge in [-0.15, -0.1) is 0 Å². The van der Waals surface area contributed by atoms with Crippen molar-refractivity contribution in [3.05, 3.63) is 46.8 Å². The quantitative estimate of drug-likeness (QED) is 0.596. The lowest BCUT2D eigenvalue weighted by Crippen LogP contribution is -2.12. The van der Waals surface area contributed by atoms with Crippen molar-refractivity contribution < 1.29 is 9.47 Å². The molecule has 0 saturated heterocycles. The van der Waals surface area contributed by atoms with E-state index in [4.69, 9.17) is 20.9 Å². The van der Waals surface area contributed by atoms with Crippen LogP contribution < -0.4 is 26.5 Å². The minimum atomic E-state index is -0.165. The molecule has 0 fully saturated rings. The van der Waals surface area contributed by atoms with Gasteiger partial charge in [-0.1, -0.05) is 0 Å². The van der Waals surface area contributed by atoms with Crippen molar-refractivity contribution in [1.29, 1.82) is 0 Å². The standard InChI is InChI=1S/C17H19N3O3/c18-5-7-22-11-1-3-13-14-4-2-12(23-8-6-19)10-16(14)20-17(21)15(13)9-11/h1-4,9-10H,5-8,18-19H2,(H,20,21). The average Bonchev–Trinajstić information content (AvgIpc) is 2.58. The maximum absolute atomic E-state index is 12.3. The van der Waals surface area contributed by atoms with Gasteiger partial charge in [0.05, 0.1) is 10.9 Å². The van der Waals surface area contributed by atoms with E-state index in [-0.39, 0.29) is 5.56 Å². The number of aromatic amines is 1. The second-order valence-corrected chi connectivity index (χ2v) is 5.14. The molecule has 1 aromatic heterocycles. The fourth-order valence-corrected chi connectivity index (χ4v) is 2.53. The summed E-state index contributed by atoms with van der Waals surface area (Å²) in [6.45, 7) is 1.72. The third-order valence-corrected chi connectivity index (χ3v) is 3.54. The van der Waals surface area contributed by atoms with E-state index in [9.17, 15) is 4.79 Å². The molecule has 120 valence electrons. The number of rotatable bonds is 6. The first-order valence-electron chi connectivity index (χ1n) is 7.48. The Bertz CT molecular complexity index is 889. The summed E-state index contributed by atoms with van der Waals surface area (Å²) in [6.07, 6.45) is 0. The Kier molecular flexibility index (Phi) is 4.45. The van der Waals surface area contributed by atoms with Gasteiger partial charge in [-0.3, -0.25) is 4.79 Å². The highest BCUT2D eigenvalue weighted by Gasteiger charge is 2.08. The normalized spacial score (nSPS) is 11.0. The maximum Gasteiger partial charge on any atom is 0.256 e. The summed E-state index contributed by atoms with van der Waals surface area (Å²) in [7, 11) is 0. The summed E-state index contributed by atoms with van der Waals surface area (Å²) in [4.78, 5) is 15.2. The van der Waals surface area contributed by atoms with E-state index in [1.54, 1.807) is 6.07 Å². The van der Waals surface area contributed by atoms with E-state index in [0.717, 1.165) is 16.3 Å². The highest BCUT2D eigenvalue weighted by atomic mass is 16.5. The molecule has 0 aliphatic heterocycles. The van der Waals surface area contributed by atoms with Crippen LogP contribution >= 0.6 is 0 Å². The lowest BCUT2D eigenvalue weighted by Gasteiger charge is -2.09. The summed E-state index contributed by atoms with van der Waals surface area (Å²) in [6, 6.07) is 11.1. The second-order valence-electron chi connectivity index (χ2n) is 5.14. The molecular formula is C17H19N3O3. The molecule has 2 aromatic carbocycles. The largest absolute Gasteiger partial charge is 0.492 e. The number of hydrogen-bond acceptors (Lipinski definition) is 5. The Morgan fingerprint density at radius 3 is 2.09 bits per heavy atom. The molecule has 0 aliphatic carbocycles. The molecule has 0 spiro atoms. The first kappa shape index (κ1) is 15.3. The Morgan fingerprint density at radius 2 is 1.43 bits per heavy atom. The predicted molar refractivity (Wildman–Crippen MR) is 91.2 cm³/mol. The van der Waals surface area contributed by atoms with Crippen molar-refractivity contribution in [3.8, 4) is 11.5 Å². The van der Waals surface area contributed by atoms with Gasteiger partial charge in [0, 0.05) is 24.5 Å². The second kappa shape index (κ2) is 6.68. The predicted octanol–water partition coefficient (Wildman–Crippen LogP) is 1.36. The zero-order chi connectivity index (χ0) is 16.2. The van der Waals surface area contributed by atoms with Gasteiger partial charge in [0.25, 0.3) is 5.56 Å². The molecule has 0 saturated carbocycles. The highest BCUT2D eigenvalue weighted by Crippen LogP contribution is 2.27. The van der Waals surface area contributed by atoms with E-state index in [1.165, 1.54) is 0 Å². The van der Waals surface area contributed by atoms with E-state index < -0.39 is 0 Å². The zero-order valence-corrected chi connectivity index (χ0v) is 12.7. The van der Waals surface area contributed by atoms with Crippen molar-refractivity contribution in [2.24, 2.45) is 11.5 Å². The molecule has 0 amide bonds. The number of H-pyrrole nitrogens is 1. The van der Waals surface area contributed by atoms with Gasteiger partial charge in [0.2, 0.25) is 0 Å². The van der Waals surface area contributed by atoms with Gasteiger partial charge in [0.15, 0.2) is 0 Å². The lowest BCUT2D eigenvalue weighted by atomic mass is 10.1. The van der Waals surface area contributed by atoms with Crippen LogP contribution in [0.2, 0.25) is 0 Å². The number of ether oxygens (including phenoxy) is 2. The molecule has 0 aliphatic rings. The Morgan fingerprint density at radius 1 is 0.826 bits per heavy atom. The third-order valence-electron chi connectivity index (χ3n) is 3.54. The number of nitrogens with one attached hydrogen (secondary N) is 1. The fourth-order valence-electron chi connectivity index (χ4n) is 2.53. The van der Waals surface area contributed by atoms with Crippen molar-refractivity contribution >= 4 is 21.7 Å². The van der Waals surface area contributed by atoms with Gasteiger partial charge < -0.3 is 25.9 Å². The zero-order valence-electron chi connectivity index (χ0n) is 12.7. The first-order chi connectivity index (χ1) is 11.2. The Balaban J connectivity index is 2.10. The minimum absolute atomic E-state index is 0.165. The van der Waals surface area contributed by atoms with Gasteiger partial charge >= 0.3 is 0 Å². The van der Waals surface area contributed by atoms with Crippen LogP contribution in [0.3, 0.4) is 0 Å². The lowest BCUT2D eigenvalue weighted by molar-refractivity contribution is 0.328. The highest BCUT2D eigenvalue weighted by molar-refractivity contribution is 6.05. The minimum Gasteiger partial charge on any atom is -0.492 e. The summed E-state index contributed by atoms with van der Waals surface area (Å²) >= 11 is 0. The van der Waals surface area contributed by atoms with Crippen LogP contribution in [-0.4, -0.2) is 31.3 Å². The average molecular weight is 313 g/mol. The van der Waals surface area contributed by atoms with Crippen LogP contribution in [-0.2, 0) is 0 Å². The molecule has 5 N–H and O–H groups in total. The van der Waals surface area contributed by atoms with Crippen molar-refractivity contribution in [2.45, 2.75) is 0 Å². The number of nitrogens with two attached hydrogens (primary N) is 2. The summed E-state index contributed by atoms with van der Waals surface area (Å²) in [5.74, 6) is 1.32. The van der Waals surface area contributed by atoms with Crippen molar-refractivity contribution in [1.82, 2.24) is 4.98 Å². The van der Waals surface area contributed by atoms with Crippen LogP contribution in [0.4, 0.5) is 0 Å². The summed E-state index contributed by atoms with van der Waals surface area (Å²) < 4.78 is 11.0. The number of pyridine rings is 1. The molecular weight excluding hydrogens is 294 g/mol. The Hall–Kier alpha value is -2.57. The van der Waals surface area contributed by atoms with Gasteiger partial charge in [-0.05, 0) is 35.7 Å². The van der Waals surface area contributed by atoms with Crippen LogP contribution in [0, 0.1) is 0 Å².